The minimum atomic E-state index is -0.581. The van der Waals surface area contributed by atoms with E-state index in [1.165, 1.54) is 0 Å². The maximum absolute atomic E-state index is 12.3. The average molecular weight is 445 g/mol. The Kier molecular flexibility index (Phi) is 4.77. The van der Waals surface area contributed by atoms with E-state index in [4.69, 9.17) is 5.73 Å². The molecular weight excluding hydrogens is 435 g/mol. The molecular formula is C14H10BrIN2O2. The van der Waals surface area contributed by atoms with Gasteiger partial charge in [0.2, 0.25) is 0 Å². The third-order valence-electron chi connectivity index (χ3n) is 2.61. The Morgan fingerprint density at radius 2 is 1.80 bits per heavy atom. The zero-order valence-corrected chi connectivity index (χ0v) is 13.9. The molecule has 0 aliphatic heterocycles. The normalized spacial score (nSPS) is 10.1. The Labute approximate surface area is 138 Å². The number of benzene rings is 2. The van der Waals surface area contributed by atoms with Crippen LogP contribution < -0.4 is 11.1 Å². The van der Waals surface area contributed by atoms with E-state index < -0.39 is 5.91 Å². The standard InChI is InChI=1S/C14H10BrIN2O2/c15-11-6-5-8(16)7-10(11)14(20)18-12-4-2-1-3-9(12)13(17)19/h1-7H,(H2,17,19)(H,18,20). The number of hydrogen-bond donors (Lipinski definition) is 2. The van der Waals surface area contributed by atoms with E-state index in [1.54, 1.807) is 36.4 Å². The molecule has 0 aliphatic rings. The van der Waals surface area contributed by atoms with Crippen LogP contribution in [0, 0.1) is 3.57 Å². The lowest BCUT2D eigenvalue weighted by molar-refractivity contribution is 0.100. The molecule has 0 atom stereocenters. The molecule has 0 radical (unpaired) electrons. The molecule has 20 heavy (non-hydrogen) atoms. The van der Waals surface area contributed by atoms with Crippen LogP contribution in [0.1, 0.15) is 20.7 Å². The highest BCUT2D eigenvalue weighted by molar-refractivity contribution is 14.1. The first-order valence-corrected chi connectivity index (χ1v) is 7.51. The number of halogens is 2. The minimum absolute atomic E-state index is 0.280. The van der Waals surface area contributed by atoms with Crippen molar-refractivity contribution >= 4 is 56.0 Å². The summed E-state index contributed by atoms with van der Waals surface area (Å²) < 4.78 is 1.63. The predicted octanol–water partition coefficient (Wildman–Crippen LogP) is 3.40. The number of nitrogens with one attached hydrogen (secondary N) is 1. The number of rotatable bonds is 3. The second-order valence-corrected chi connectivity index (χ2v) is 6.09. The Balaban J connectivity index is 2.33. The molecule has 0 saturated carbocycles. The number of amides is 2. The maximum atomic E-state index is 12.3. The number of carbonyl (C=O) groups is 2. The summed E-state index contributed by atoms with van der Waals surface area (Å²) in [4.78, 5) is 23.6. The van der Waals surface area contributed by atoms with Crippen LogP contribution in [0.2, 0.25) is 0 Å². The molecule has 2 amide bonds. The Hall–Kier alpha value is -1.41. The van der Waals surface area contributed by atoms with Crippen LogP contribution in [0.3, 0.4) is 0 Å². The van der Waals surface area contributed by atoms with Gasteiger partial charge in [-0.05, 0) is 68.9 Å². The Morgan fingerprint density at radius 3 is 2.50 bits per heavy atom. The topological polar surface area (TPSA) is 72.2 Å². The van der Waals surface area contributed by atoms with Crippen LogP contribution in [0.15, 0.2) is 46.9 Å². The fourth-order valence-corrected chi connectivity index (χ4v) is 2.59. The fourth-order valence-electron chi connectivity index (χ4n) is 1.67. The molecule has 0 bridgehead atoms. The first-order valence-electron chi connectivity index (χ1n) is 5.64. The van der Waals surface area contributed by atoms with Gasteiger partial charge in [0.25, 0.3) is 11.8 Å². The number of para-hydroxylation sites is 1. The lowest BCUT2D eigenvalue weighted by atomic mass is 10.1. The summed E-state index contributed by atoms with van der Waals surface area (Å²) in [6, 6.07) is 12.1. The summed E-state index contributed by atoms with van der Waals surface area (Å²) in [6.45, 7) is 0. The lowest BCUT2D eigenvalue weighted by Crippen LogP contribution is -2.18. The molecule has 0 fully saturated rings. The van der Waals surface area contributed by atoms with Gasteiger partial charge < -0.3 is 11.1 Å². The van der Waals surface area contributed by atoms with Crippen LogP contribution in [-0.2, 0) is 0 Å². The number of anilines is 1. The van der Waals surface area contributed by atoms with E-state index in [-0.39, 0.29) is 11.5 Å². The zero-order valence-electron chi connectivity index (χ0n) is 10.2. The number of primary amides is 1. The van der Waals surface area contributed by atoms with Gasteiger partial charge in [0.05, 0.1) is 16.8 Å². The quantitative estimate of drug-likeness (QED) is 0.712. The summed E-state index contributed by atoms with van der Waals surface area (Å²) in [5.41, 5.74) is 6.46. The monoisotopic (exact) mass is 444 g/mol. The Morgan fingerprint density at radius 1 is 1.10 bits per heavy atom. The van der Waals surface area contributed by atoms with Crippen molar-refractivity contribution in [1.82, 2.24) is 0 Å². The minimum Gasteiger partial charge on any atom is -0.366 e. The molecule has 6 heteroatoms. The van der Waals surface area contributed by atoms with Gasteiger partial charge in [-0.1, -0.05) is 12.1 Å². The van der Waals surface area contributed by atoms with E-state index in [0.717, 1.165) is 3.57 Å². The maximum Gasteiger partial charge on any atom is 0.256 e. The van der Waals surface area contributed by atoms with Gasteiger partial charge in [-0.25, -0.2) is 0 Å². The number of carbonyl (C=O) groups excluding carboxylic acids is 2. The molecule has 0 saturated heterocycles. The van der Waals surface area contributed by atoms with Gasteiger partial charge in [-0.15, -0.1) is 0 Å². The van der Waals surface area contributed by atoms with E-state index >= 15 is 0 Å². The lowest BCUT2D eigenvalue weighted by Gasteiger charge is -2.10. The number of nitrogens with two attached hydrogens (primary N) is 1. The molecule has 2 aromatic rings. The Bertz CT molecular complexity index is 689. The third-order valence-corrected chi connectivity index (χ3v) is 3.98. The van der Waals surface area contributed by atoms with Crippen LogP contribution >= 0.6 is 38.5 Å². The molecule has 0 spiro atoms. The predicted molar refractivity (Wildman–Crippen MR) is 89.8 cm³/mol. The van der Waals surface area contributed by atoms with Crippen molar-refractivity contribution in [3.63, 3.8) is 0 Å². The SMILES string of the molecule is NC(=O)c1ccccc1NC(=O)c1cc(I)ccc1Br. The first-order chi connectivity index (χ1) is 9.49. The van der Waals surface area contributed by atoms with Crippen molar-refractivity contribution in [1.29, 1.82) is 0 Å². The molecule has 102 valence electrons. The van der Waals surface area contributed by atoms with Gasteiger partial charge in [-0.2, -0.15) is 0 Å². The van der Waals surface area contributed by atoms with Crippen molar-refractivity contribution in [2.75, 3.05) is 5.32 Å². The van der Waals surface area contributed by atoms with Crippen molar-refractivity contribution in [3.05, 3.63) is 61.6 Å². The van der Waals surface area contributed by atoms with Gasteiger partial charge in [-0.3, -0.25) is 9.59 Å². The molecule has 2 rings (SSSR count). The summed E-state index contributed by atoms with van der Waals surface area (Å²) in [5.74, 6) is -0.883. The van der Waals surface area contributed by atoms with Gasteiger partial charge in [0.15, 0.2) is 0 Å². The average Bonchev–Trinajstić information content (AvgIpc) is 2.41. The highest BCUT2D eigenvalue weighted by Gasteiger charge is 2.14. The fraction of sp³-hybridized carbons (Fsp3) is 0. The van der Waals surface area contributed by atoms with Crippen molar-refractivity contribution in [2.24, 2.45) is 5.73 Å². The van der Waals surface area contributed by atoms with E-state index in [1.807, 2.05) is 6.07 Å². The van der Waals surface area contributed by atoms with E-state index in [0.29, 0.717) is 15.7 Å². The van der Waals surface area contributed by atoms with Gasteiger partial charge >= 0.3 is 0 Å². The summed E-state index contributed by atoms with van der Waals surface area (Å²) in [7, 11) is 0. The summed E-state index contributed by atoms with van der Waals surface area (Å²) in [5, 5.41) is 2.70. The highest BCUT2D eigenvalue weighted by Crippen LogP contribution is 2.22. The summed E-state index contributed by atoms with van der Waals surface area (Å²) >= 11 is 5.46. The molecule has 4 nitrogen and oxygen atoms in total. The summed E-state index contributed by atoms with van der Waals surface area (Å²) in [6.07, 6.45) is 0. The second kappa shape index (κ2) is 6.36. The van der Waals surface area contributed by atoms with Gasteiger partial charge in [0, 0.05) is 8.04 Å². The molecule has 0 heterocycles. The molecule has 3 N–H and O–H groups in total. The van der Waals surface area contributed by atoms with Crippen LogP contribution in [0.4, 0.5) is 5.69 Å². The molecule has 0 aliphatic carbocycles. The van der Waals surface area contributed by atoms with Gasteiger partial charge in [0.1, 0.15) is 0 Å². The largest absolute Gasteiger partial charge is 0.366 e. The molecule has 2 aromatic carbocycles. The number of hydrogen-bond acceptors (Lipinski definition) is 2. The zero-order chi connectivity index (χ0) is 14.7. The van der Waals surface area contributed by atoms with Crippen molar-refractivity contribution in [3.8, 4) is 0 Å². The van der Waals surface area contributed by atoms with Crippen LogP contribution in [-0.4, -0.2) is 11.8 Å². The highest BCUT2D eigenvalue weighted by atomic mass is 127. The van der Waals surface area contributed by atoms with E-state index in [2.05, 4.69) is 43.8 Å². The molecule has 0 aromatic heterocycles. The smallest absolute Gasteiger partial charge is 0.256 e. The van der Waals surface area contributed by atoms with Crippen molar-refractivity contribution < 1.29 is 9.59 Å². The first kappa shape index (κ1) is 15.0. The molecule has 0 unspecified atom stereocenters. The van der Waals surface area contributed by atoms with Crippen LogP contribution in [0.25, 0.3) is 0 Å². The van der Waals surface area contributed by atoms with E-state index in [9.17, 15) is 9.59 Å². The third kappa shape index (κ3) is 3.37. The van der Waals surface area contributed by atoms with Crippen LogP contribution in [0.5, 0.6) is 0 Å². The van der Waals surface area contributed by atoms with Crippen molar-refractivity contribution in [2.45, 2.75) is 0 Å². The second-order valence-electron chi connectivity index (χ2n) is 3.99.